The quantitative estimate of drug-likeness (QED) is 0.462. The van der Waals surface area contributed by atoms with E-state index in [1.165, 1.54) is 0 Å². The molecule has 4 nitrogen and oxygen atoms in total. The van der Waals surface area contributed by atoms with Gasteiger partial charge in [0.05, 0.1) is 12.2 Å². The zero-order valence-electron chi connectivity index (χ0n) is 11.7. The van der Waals surface area contributed by atoms with Crippen LogP contribution in [0.4, 0.5) is 0 Å². The SMILES string of the molecule is Cc1cc(C)c(C(=N)N)c(OCCCC(C)C)n1. The number of hydrogen-bond donors (Lipinski definition) is 2. The lowest BCUT2D eigenvalue weighted by Crippen LogP contribution is -2.16. The van der Waals surface area contributed by atoms with Gasteiger partial charge >= 0.3 is 0 Å². The molecule has 0 spiro atoms. The van der Waals surface area contributed by atoms with Crippen LogP contribution in [0.2, 0.25) is 0 Å². The van der Waals surface area contributed by atoms with Crippen molar-refractivity contribution in [2.75, 3.05) is 6.61 Å². The molecule has 0 unspecified atom stereocenters. The first-order valence-electron chi connectivity index (χ1n) is 6.37. The molecule has 0 fully saturated rings. The van der Waals surface area contributed by atoms with Gasteiger partial charge < -0.3 is 10.5 Å². The van der Waals surface area contributed by atoms with Gasteiger partial charge in [0.1, 0.15) is 5.84 Å². The fourth-order valence-corrected chi connectivity index (χ4v) is 1.90. The summed E-state index contributed by atoms with van der Waals surface area (Å²) in [6.07, 6.45) is 2.11. The third-order valence-corrected chi connectivity index (χ3v) is 2.75. The normalized spacial score (nSPS) is 10.7. The van der Waals surface area contributed by atoms with Gasteiger partial charge in [-0.1, -0.05) is 13.8 Å². The van der Waals surface area contributed by atoms with E-state index in [1.54, 1.807) is 0 Å². The van der Waals surface area contributed by atoms with Crippen LogP contribution in [-0.4, -0.2) is 17.4 Å². The molecule has 0 amide bonds. The first-order chi connectivity index (χ1) is 8.41. The van der Waals surface area contributed by atoms with Crippen LogP contribution in [0.5, 0.6) is 5.88 Å². The van der Waals surface area contributed by atoms with Gasteiger partial charge in [0.25, 0.3) is 0 Å². The van der Waals surface area contributed by atoms with Crippen molar-refractivity contribution in [3.05, 3.63) is 22.9 Å². The second-order valence-electron chi connectivity index (χ2n) is 5.06. The number of ether oxygens (including phenoxy) is 1. The Balaban J connectivity index is 2.77. The van der Waals surface area contributed by atoms with Gasteiger partial charge in [0.2, 0.25) is 5.88 Å². The number of nitrogen functional groups attached to an aromatic ring is 1. The molecule has 0 aliphatic heterocycles. The van der Waals surface area contributed by atoms with Crippen LogP contribution in [0.1, 0.15) is 43.5 Å². The summed E-state index contributed by atoms with van der Waals surface area (Å²) >= 11 is 0. The van der Waals surface area contributed by atoms with E-state index in [9.17, 15) is 0 Å². The van der Waals surface area contributed by atoms with E-state index in [1.807, 2.05) is 19.9 Å². The standard InChI is InChI=1S/C14H23N3O/c1-9(2)6-5-7-18-14-12(13(15)16)10(3)8-11(4)17-14/h8-9H,5-7H2,1-4H3,(H3,15,16). The maximum Gasteiger partial charge on any atom is 0.224 e. The second-order valence-corrected chi connectivity index (χ2v) is 5.06. The number of nitrogens with one attached hydrogen (secondary N) is 1. The number of pyridine rings is 1. The number of nitrogens with zero attached hydrogens (tertiary/aromatic N) is 1. The van der Waals surface area contributed by atoms with Crippen molar-refractivity contribution in [3.8, 4) is 5.88 Å². The number of aromatic nitrogens is 1. The highest BCUT2D eigenvalue weighted by Gasteiger charge is 2.12. The minimum atomic E-state index is 0.0128. The van der Waals surface area contributed by atoms with Gasteiger partial charge in [-0.25, -0.2) is 4.98 Å². The van der Waals surface area contributed by atoms with E-state index in [4.69, 9.17) is 15.9 Å². The maximum absolute atomic E-state index is 7.59. The fourth-order valence-electron chi connectivity index (χ4n) is 1.90. The molecule has 1 aromatic rings. The Morgan fingerprint density at radius 2 is 2.11 bits per heavy atom. The molecule has 0 radical (unpaired) electrons. The molecular weight excluding hydrogens is 226 g/mol. The molecule has 100 valence electrons. The van der Waals surface area contributed by atoms with Gasteiger partial charge in [-0.15, -0.1) is 0 Å². The summed E-state index contributed by atoms with van der Waals surface area (Å²) in [7, 11) is 0. The van der Waals surface area contributed by atoms with Crippen LogP contribution in [0.15, 0.2) is 6.07 Å². The topological polar surface area (TPSA) is 72.0 Å². The minimum absolute atomic E-state index is 0.0128. The van der Waals surface area contributed by atoms with Gasteiger partial charge in [-0.3, -0.25) is 5.41 Å². The molecule has 0 aliphatic carbocycles. The van der Waals surface area contributed by atoms with Gasteiger partial charge in [0, 0.05) is 5.69 Å². The Hall–Kier alpha value is -1.58. The third-order valence-electron chi connectivity index (χ3n) is 2.75. The minimum Gasteiger partial charge on any atom is -0.477 e. The zero-order chi connectivity index (χ0) is 13.7. The van der Waals surface area contributed by atoms with Crippen LogP contribution < -0.4 is 10.5 Å². The smallest absolute Gasteiger partial charge is 0.224 e. The van der Waals surface area contributed by atoms with Crippen LogP contribution >= 0.6 is 0 Å². The number of rotatable bonds is 6. The van der Waals surface area contributed by atoms with Crippen molar-refractivity contribution >= 4 is 5.84 Å². The van der Waals surface area contributed by atoms with Crippen molar-refractivity contribution in [1.29, 1.82) is 5.41 Å². The third kappa shape index (κ3) is 4.02. The largest absolute Gasteiger partial charge is 0.477 e. The molecule has 0 saturated heterocycles. The highest BCUT2D eigenvalue weighted by atomic mass is 16.5. The Morgan fingerprint density at radius 1 is 1.44 bits per heavy atom. The molecule has 1 rings (SSSR count). The van der Waals surface area contributed by atoms with E-state index in [2.05, 4.69) is 18.8 Å². The number of nitrogens with two attached hydrogens (primary N) is 1. The Bertz CT molecular complexity index is 427. The first-order valence-corrected chi connectivity index (χ1v) is 6.37. The molecule has 0 atom stereocenters. The van der Waals surface area contributed by atoms with Gasteiger partial charge in [0.15, 0.2) is 0 Å². The van der Waals surface area contributed by atoms with Gasteiger partial charge in [-0.05, 0) is 44.2 Å². The van der Waals surface area contributed by atoms with E-state index in [0.29, 0.717) is 24.0 Å². The summed E-state index contributed by atoms with van der Waals surface area (Å²) in [5.74, 6) is 1.18. The van der Waals surface area contributed by atoms with E-state index in [-0.39, 0.29) is 5.84 Å². The highest BCUT2D eigenvalue weighted by molar-refractivity contribution is 5.98. The summed E-state index contributed by atoms with van der Waals surface area (Å²) < 4.78 is 5.68. The van der Waals surface area contributed by atoms with Gasteiger partial charge in [-0.2, -0.15) is 0 Å². The van der Waals surface area contributed by atoms with Crippen molar-refractivity contribution in [1.82, 2.24) is 4.98 Å². The van der Waals surface area contributed by atoms with Crippen molar-refractivity contribution < 1.29 is 4.74 Å². The van der Waals surface area contributed by atoms with Crippen LogP contribution in [0.3, 0.4) is 0 Å². The lowest BCUT2D eigenvalue weighted by Gasteiger charge is -2.13. The average Bonchev–Trinajstić information content (AvgIpc) is 2.22. The predicted octanol–water partition coefficient (Wildman–Crippen LogP) is 2.80. The molecule has 1 heterocycles. The molecule has 3 N–H and O–H groups in total. The Labute approximate surface area is 109 Å². The van der Waals surface area contributed by atoms with Crippen LogP contribution in [-0.2, 0) is 0 Å². The van der Waals surface area contributed by atoms with E-state index >= 15 is 0 Å². The molecule has 0 saturated carbocycles. The Morgan fingerprint density at radius 3 is 2.67 bits per heavy atom. The zero-order valence-corrected chi connectivity index (χ0v) is 11.7. The fraction of sp³-hybridized carbons (Fsp3) is 0.571. The monoisotopic (exact) mass is 249 g/mol. The summed E-state index contributed by atoms with van der Waals surface area (Å²) in [6.45, 7) is 8.84. The Kier molecular flexibility index (Phi) is 5.13. The lowest BCUT2D eigenvalue weighted by molar-refractivity contribution is 0.286. The average molecular weight is 249 g/mol. The summed E-state index contributed by atoms with van der Waals surface area (Å²) in [4.78, 5) is 4.33. The van der Waals surface area contributed by atoms with Crippen molar-refractivity contribution in [3.63, 3.8) is 0 Å². The number of hydrogen-bond acceptors (Lipinski definition) is 3. The summed E-state index contributed by atoms with van der Waals surface area (Å²) in [5.41, 5.74) is 8.02. The lowest BCUT2D eigenvalue weighted by atomic mass is 10.1. The molecule has 0 aliphatic rings. The van der Waals surface area contributed by atoms with E-state index in [0.717, 1.165) is 24.1 Å². The van der Waals surface area contributed by atoms with Crippen LogP contribution in [0, 0.1) is 25.2 Å². The summed E-state index contributed by atoms with van der Waals surface area (Å²) in [5, 5.41) is 7.59. The van der Waals surface area contributed by atoms with Crippen molar-refractivity contribution in [2.24, 2.45) is 11.7 Å². The number of amidine groups is 1. The van der Waals surface area contributed by atoms with E-state index < -0.39 is 0 Å². The highest BCUT2D eigenvalue weighted by Crippen LogP contribution is 2.20. The molecule has 18 heavy (non-hydrogen) atoms. The van der Waals surface area contributed by atoms with Crippen LogP contribution in [0.25, 0.3) is 0 Å². The predicted molar refractivity (Wildman–Crippen MR) is 74.3 cm³/mol. The molecule has 1 aromatic heterocycles. The maximum atomic E-state index is 7.59. The molecule has 0 aromatic carbocycles. The molecular formula is C14H23N3O. The number of aryl methyl sites for hydroxylation is 2. The first kappa shape index (κ1) is 14.5. The second kappa shape index (κ2) is 6.38. The summed E-state index contributed by atoms with van der Waals surface area (Å²) in [6, 6.07) is 1.91. The molecule has 0 bridgehead atoms. The van der Waals surface area contributed by atoms with Crippen molar-refractivity contribution in [2.45, 2.75) is 40.5 Å². The molecule has 4 heteroatoms.